The van der Waals surface area contributed by atoms with Crippen molar-refractivity contribution in [1.82, 2.24) is 19.7 Å². The molecule has 0 aliphatic rings. The van der Waals surface area contributed by atoms with Gasteiger partial charge in [-0.25, -0.2) is 4.98 Å². The summed E-state index contributed by atoms with van der Waals surface area (Å²) in [6, 6.07) is 14.7. The molecule has 2 amide bonds. The monoisotopic (exact) mass is 373 g/mol. The Balaban J connectivity index is 1.72. The lowest BCUT2D eigenvalue weighted by atomic mass is 10.2. The van der Waals surface area contributed by atoms with Gasteiger partial charge >= 0.3 is 0 Å². The zero-order chi connectivity index (χ0) is 19.5. The highest BCUT2D eigenvalue weighted by Gasteiger charge is 2.21. The first kappa shape index (κ1) is 17.7. The predicted molar refractivity (Wildman–Crippen MR) is 108 cm³/mol. The van der Waals surface area contributed by atoms with Gasteiger partial charge < -0.3 is 10.6 Å². The molecule has 3 aromatic heterocycles. The van der Waals surface area contributed by atoms with E-state index in [1.54, 1.807) is 41.1 Å². The number of aromatic nitrogens is 3. The highest BCUT2D eigenvalue weighted by atomic mass is 16.2. The van der Waals surface area contributed by atoms with E-state index in [1.165, 1.54) is 0 Å². The fourth-order valence-corrected chi connectivity index (χ4v) is 3.07. The van der Waals surface area contributed by atoms with Crippen molar-refractivity contribution < 1.29 is 9.59 Å². The van der Waals surface area contributed by atoms with Gasteiger partial charge in [-0.15, -0.1) is 0 Å². The molecule has 4 rings (SSSR count). The summed E-state index contributed by atoms with van der Waals surface area (Å²) in [7, 11) is 0. The van der Waals surface area contributed by atoms with Crippen LogP contribution in [0.3, 0.4) is 0 Å². The molecule has 0 saturated heterocycles. The Hall–Kier alpha value is -3.74. The number of pyridine rings is 2. The molecule has 0 aliphatic heterocycles. The Morgan fingerprint density at radius 2 is 1.89 bits per heavy atom. The number of carbonyl (C=O) groups excluding carboxylic acids is 2. The average molecular weight is 373 g/mol. The number of rotatable bonds is 5. The molecule has 0 fully saturated rings. The Morgan fingerprint density at radius 3 is 2.75 bits per heavy atom. The van der Waals surface area contributed by atoms with Crippen LogP contribution in [0.1, 0.15) is 34.5 Å². The highest BCUT2D eigenvalue weighted by Crippen LogP contribution is 2.22. The van der Waals surface area contributed by atoms with E-state index in [0.717, 1.165) is 11.8 Å². The average Bonchev–Trinajstić information content (AvgIpc) is 3.12. The van der Waals surface area contributed by atoms with Crippen LogP contribution in [-0.2, 0) is 0 Å². The Kier molecular flexibility index (Phi) is 4.72. The summed E-state index contributed by atoms with van der Waals surface area (Å²) in [5, 5.41) is 6.61. The van der Waals surface area contributed by atoms with Crippen molar-refractivity contribution in [3.63, 3.8) is 0 Å². The van der Waals surface area contributed by atoms with E-state index in [1.807, 2.05) is 31.2 Å². The van der Waals surface area contributed by atoms with E-state index < -0.39 is 5.91 Å². The fraction of sp³-hybridized carbons (Fsp3) is 0.143. The van der Waals surface area contributed by atoms with E-state index in [9.17, 15) is 9.59 Å². The molecule has 2 N–H and O–H groups in total. The number of nitrogens with zero attached hydrogens (tertiary/aromatic N) is 3. The van der Waals surface area contributed by atoms with Gasteiger partial charge in [0.05, 0.1) is 16.7 Å². The van der Waals surface area contributed by atoms with Crippen molar-refractivity contribution in [2.24, 2.45) is 0 Å². The lowest BCUT2D eigenvalue weighted by Gasteiger charge is -2.06. The summed E-state index contributed by atoms with van der Waals surface area (Å²) < 4.78 is 1.63. The topological polar surface area (TPSA) is 88.4 Å². The van der Waals surface area contributed by atoms with Crippen LogP contribution in [0.2, 0.25) is 0 Å². The number of nitrogens with one attached hydrogen (secondary N) is 2. The van der Waals surface area contributed by atoms with Crippen LogP contribution in [0, 0.1) is 0 Å². The van der Waals surface area contributed by atoms with E-state index >= 15 is 0 Å². The second kappa shape index (κ2) is 7.48. The summed E-state index contributed by atoms with van der Waals surface area (Å²) in [6.45, 7) is 2.52. The molecule has 0 spiro atoms. The molecular weight excluding hydrogens is 354 g/mol. The van der Waals surface area contributed by atoms with Gasteiger partial charge in [0.15, 0.2) is 5.69 Å². The van der Waals surface area contributed by atoms with Crippen LogP contribution < -0.4 is 10.6 Å². The molecule has 0 aliphatic carbocycles. The molecule has 4 aromatic rings. The number of hydrogen-bond acceptors (Lipinski definition) is 4. The maximum atomic E-state index is 13.0. The number of fused-ring (bicyclic) bond motifs is 2. The van der Waals surface area contributed by atoms with Crippen LogP contribution in [0.25, 0.3) is 16.4 Å². The molecule has 7 nitrogen and oxygen atoms in total. The minimum absolute atomic E-state index is 0.185. The summed E-state index contributed by atoms with van der Waals surface area (Å²) in [5.74, 6) is -0.518. The van der Waals surface area contributed by atoms with E-state index in [2.05, 4.69) is 20.6 Å². The van der Waals surface area contributed by atoms with Crippen LogP contribution in [0.4, 0.5) is 5.69 Å². The summed E-state index contributed by atoms with van der Waals surface area (Å²) in [5.41, 5.74) is 2.05. The second-order valence-electron chi connectivity index (χ2n) is 6.33. The van der Waals surface area contributed by atoms with E-state index in [0.29, 0.717) is 23.3 Å². The van der Waals surface area contributed by atoms with Crippen molar-refractivity contribution in [1.29, 1.82) is 0 Å². The van der Waals surface area contributed by atoms with Crippen molar-refractivity contribution in [3.05, 3.63) is 72.4 Å². The van der Waals surface area contributed by atoms with Gasteiger partial charge in [-0.1, -0.05) is 31.2 Å². The fourth-order valence-electron chi connectivity index (χ4n) is 3.07. The molecule has 1 aromatic carbocycles. The number of para-hydroxylation sites is 1. The standard InChI is InChI=1S/C21H19N5O2/c1-2-11-23-21(28)19-25-18(16-10-3-4-13-26(16)19)20(27)24-15-9-5-7-14-8-6-12-22-17(14)15/h3-10,12-13H,2,11H2,1H3,(H,23,28)(H,24,27). The molecular formula is C21H19N5O2. The number of carbonyl (C=O) groups is 2. The van der Waals surface area contributed by atoms with Crippen molar-refractivity contribution in [2.75, 3.05) is 11.9 Å². The van der Waals surface area contributed by atoms with E-state index in [4.69, 9.17) is 0 Å². The van der Waals surface area contributed by atoms with Gasteiger partial charge in [0.25, 0.3) is 11.8 Å². The third-order valence-corrected chi connectivity index (χ3v) is 4.38. The molecule has 140 valence electrons. The van der Waals surface area contributed by atoms with Crippen LogP contribution >= 0.6 is 0 Å². The van der Waals surface area contributed by atoms with Crippen LogP contribution in [0.15, 0.2) is 60.9 Å². The SMILES string of the molecule is CCCNC(=O)c1nc(C(=O)Nc2cccc3cccnc23)c2ccccn12. The molecule has 3 heterocycles. The Morgan fingerprint density at radius 1 is 1.04 bits per heavy atom. The third-order valence-electron chi connectivity index (χ3n) is 4.38. The van der Waals surface area contributed by atoms with E-state index in [-0.39, 0.29) is 17.4 Å². The summed E-state index contributed by atoms with van der Waals surface area (Å²) in [4.78, 5) is 34.1. The summed E-state index contributed by atoms with van der Waals surface area (Å²) >= 11 is 0. The van der Waals surface area contributed by atoms with Crippen LogP contribution in [0.5, 0.6) is 0 Å². The largest absolute Gasteiger partial charge is 0.349 e. The molecule has 0 unspecified atom stereocenters. The lowest BCUT2D eigenvalue weighted by molar-refractivity contribution is 0.0942. The minimum Gasteiger partial charge on any atom is -0.349 e. The minimum atomic E-state index is -0.392. The van der Waals surface area contributed by atoms with Crippen molar-refractivity contribution in [2.45, 2.75) is 13.3 Å². The zero-order valence-electron chi connectivity index (χ0n) is 15.3. The van der Waals surface area contributed by atoms with Gasteiger partial charge in [0.2, 0.25) is 5.82 Å². The number of benzene rings is 1. The first-order chi connectivity index (χ1) is 13.7. The molecule has 7 heteroatoms. The Bertz CT molecular complexity index is 1180. The van der Waals surface area contributed by atoms with Crippen LogP contribution in [-0.4, -0.2) is 32.7 Å². The first-order valence-electron chi connectivity index (χ1n) is 9.09. The smallest absolute Gasteiger partial charge is 0.287 e. The molecule has 0 saturated carbocycles. The second-order valence-corrected chi connectivity index (χ2v) is 6.33. The zero-order valence-corrected chi connectivity index (χ0v) is 15.3. The summed E-state index contributed by atoms with van der Waals surface area (Å²) in [6.07, 6.45) is 4.22. The number of imidazole rings is 1. The van der Waals surface area contributed by atoms with Gasteiger partial charge in [0.1, 0.15) is 0 Å². The molecule has 28 heavy (non-hydrogen) atoms. The molecule has 0 bridgehead atoms. The van der Waals surface area contributed by atoms with Crippen molar-refractivity contribution >= 4 is 33.9 Å². The van der Waals surface area contributed by atoms with Gasteiger partial charge in [0, 0.05) is 24.3 Å². The number of hydrogen-bond donors (Lipinski definition) is 2. The Labute approximate surface area is 161 Å². The van der Waals surface area contributed by atoms with Crippen molar-refractivity contribution in [3.8, 4) is 0 Å². The maximum absolute atomic E-state index is 13.0. The highest BCUT2D eigenvalue weighted by molar-refractivity contribution is 6.11. The van der Waals surface area contributed by atoms with Gasteiger partial charge in [-0.05, 0) is 30.7 Å². The van der Waals surface area contributed by atoms with Gasteiger partial charge in [-0.3, -0.25) is 19.0 Å². The number of amides is 2. The third kappa shape index (κ3) is 3.18. The quantitative estimate of drug-likeness (QED) is 0.562. The normalized spacial score (nSPS) is 10.9. The predicted octanol–water partition coefficient (Wildman–Crippen LogP) is 3.27. The maximum Gasteiger partial charge on any atom is 0.287 e. The molecule has 0 atom stereocenters. The number of anilines is 1. The molecule has 0 radical (unpaired) electrons. The first-order valence-corrected chi connectivity index (χ1v) is 9.09. The lowest BCUT2D eigenvalue weighted by Crippen LogP contribution is -2.26. The van der Waals surface area contributed by atoms with Gasteiger partial charge in [-0.2, -0.15) is 0 Å².